The van der Waals surface area contributed by atoms with Gasteiger partial charge >= 0.3 is 5.97 Å². The molecule has 30 heavy (non-hydrogen) atoms. The second kappa shape index (κ2) is 10.1. The van der Waals surface area contributed by atoms with Gasteiger partial charge in [0, 0.05) is 25.2 Å². The molecule has 3 rings (SSSR count). The van der Waals surface area contributed by atoms with E-state index in [1.165, 1.54) is 17.0 Å². The van der Waals surface area contributed by atoms with E-state index >= 15 is 0 Å². The Bertz CT molecular complexity index is 996. The third-order valence-electron chi connectivity index (χ3n) is 4.36. The molecule has 0 radical (unpaired) electrons. The lowest BCUT2D eigenvalue weighted by Crippen LogP contribution is -2.32. The highest BCUT2D eigenvalue weighted by Crippen LogP contribution is 2.21. The first-order valence-electron chi connectivity index (χ1n) is 9.60. The Morgan fingerprint density at radius 3 is 2.70 bits per heavy atom. The monoisotopic (exact) mass is 409 g/mol. The van der Waals surface area contributed by atoms with Crippen molar-refractivity contribution >= 4 is 23.6 Å². The van der Waals surface area contributed by atoms with Crippen LogP contribution in [0.4, 0.5) is 0 Å². The topological polar surface area (TPSA) is 103 Å². The second-order valence-electron chi connectivity index (χ2n) is 6.57. The lowest BCUT2D eigenvalue weighted by Gasteiger charge is -2.17. The van der Waals surface area contributed by atoms with Crippen LogP contribution in [0.3, 0.4) is 0 Å². The summed E-state index contributed by atoms with van der Waals surface area (Å²) in [5.74, 6) is -0.248. The first-order valence-corrected chi connectivity index (χ1v) is 9.60. The maximum atomic E-state index is 12.9. The third kappa shape index (κ3) is 5.19. The van der Waals surface area contributed by atoms with Crippen LogP contribution < -0.4 is 0 Å². The first-order chi connectivity index (χ1) is 14.6. The zero-order valence-corrected chi connectivity index (χ0v) is 16.9. The maximum Gasteiger partial charge on any atom is 0.357 e. The Morgan fingerprint density at radius 2 is 2.00 bits per heavy atom. The number of aromatic nitrogens is 4. The van der Waals surface area contributed by atoms with Gasteiger partial charge in [0.05, 0.1) is 6.26 Å². The van der Waals surface area contributed by atoms with Crippen LogP contribution in [0.5, 0.6) is 0 Å². The molecule has 2 heterocycles. The van der Waals surface area contributed by atoms with E-state index in [2.05, 4.69) is 15.5 Å². The van der Waals surface area contributed by atoms with Crippen molar-refractivity contribution in [2.45, 2.75) is 19.8 Å². The van der Waals surface area contributed by atoms with Gasteiger partial charge in [-0.25, -0.2) is 4.79 Å². The molecule has 1 aromatic carbocycles. The van der Waals surface area contributed by atoms with E-state index in [0.717, 1.165) is 18.4 Å². The molecule has 0 aliphatic carbocycles. The highest BCUT2D eigenvalue weighted by atomic mass is 16.5. The molecule has 2 aromatic heterocycles. The summed E-state index contributed by atoms with van der Waals surface area (Å²) in [5, 5.41) is 11.7. The van der Waals surface area contributed by atoms with Crippen LogP contribution in [0.1, 0.15) is 25.5 Å². The molecule has 0 atom stereocenters. The number of nitrogens with zero attached hydrogens (tertiary/aromatic N) is 5. The molecule has 0 saturated heterocycles. The van der Waals surface area contributed by atoms with Gasteiger partial charge in [-0.3, -0.25) is 4.79 Å². The zero-order chi connectivity index (χ0) is 21.3. The molecule has 0 bridgehead atoms. The predicted octanol–water partition coefficient (Wildman–Crippen LogP) is 2.73. The van der Waals surface area contributed by atoms with E-state index in [1.807, 2.05) is 37.3 Å². The fourth-order valence-electron chi connectivity index (χ4n) is 2.66. The number of unbranched alkanes of at least 4 members (excludes halogenated alkanes) is 1. The molecule has 0 fully saturated rings. The number of hydrogen-bond donors (Lipinski definition) is 0. The van der Waals surface area contributed by atoms with Gasteiger partial charge in [0.2, 0.25) is 0 Å². The van der Waals surface area contributed by atoms with Gasteiger partial charge in [0.15, 0.2) is 18.1 Å². The molecule has 0 spiro atoms. The summed E-state index contributed by atoms with van der Waals surface area (Å²) in [4.78, 5) is 26.6. The Hall–Kier alpha value is -3.75. The summed E-state index contributed by atoms with van der Waals surface area (Å²) in [6.45, 7) is 2.27. The quantitative estimate of drug-likeness (QED) is 0.395. The number of furan rings is 1. The number of hydrogen-bond acceptors (Lipinski definition) is 7. The number of esters is 1. The van der Waals surface area contributed by atoms with Crippen molar-refractivity contribution < 1.29 is 18.7 Å². The normalized spacial score (nSPS) is 11.3. The Balaban J connectivity index is 1.84. The van der Waals surface area contributed by atoms with Crippen molar-refractivity contribution in [3.63, 3.8) is 0 Å². The van der Waals surface area contributed by atoms with Crippen molar-refractivity contribution in [2.75, 3.05) is 20.2 Å². The van der Waals surface area contributed by atoms with Crippen molar-refractivity contribution in [1.29, 1.82) is 0 Å². The van der Waals surface area contributed by atoms with Crippen molar-refractivity contribution in [1.82, 2.24) is 25.1 Å². The summed E-state index contributed by atoms with van der Waals surface area (Å²) >= 11 is 0. The molecule has 1 amide bonds. The summed E-state index contributed by atoms with van der Waals surface area (Å²) in [7, 11) is 1.68. The third-order valence-corrected chi connectivity index (χ3v) is 4.36. The molecule has 3 aromatic rings. The number of ether oxygens (including phenoxy) is 1. The van der Waals surface area contributed by atoms with Gasteiger partial charge in [-0.05, 0) is 29.0 Å². The minimum atomic E-state index is -0.742. The highest BCUT2D eigenvalue weighted by molar-refractivity contribution is 6.15. The van der Waals surface area contributed by atoms with Gasteiger partial charge in [0.1, 0.15) is 5.76 Å². The standard InChI is InChI=1S/C21H23N5O4/c1-3-4-12-25(2)19(27)15-30-21(28)18(14-17-11-8-13-29-17)26-20(22-23-24-26)16-9-6-5-7-10-16/h5-11,13-14H,3-4,12,15H2,1-2H3/b18-14-. The zero-order valence-electron chi connectivity index (χ0n) is 16.9. The molecule has 0 aliphatic rings. The fraction of sp³-hybridized carbons (Fsp3) is 0.286. The van der Waals surface area contributed by atoms with Crippen molar-refractivity contribution in [2.24, 2.45) is 0 Å². The number of carbonyl (C=O) groups excluding carboxylic acids is 2. The Labute approximate surface area is 173 Å². The van der Waals surface area contributed by atoms with E-state index < -0.39 is 5.97 Å². The minimum Gasteiger partial charge on any atom is -0.465 e. The summed E-state index contributed by atoms with van der Waals surface area (Å²) in [6, 6.07) is 12.6. The second-order valence-corrected chi connectivity index (χ2v) is 6.57. The highest BCUT2D eigenvalue weighted by Gasteiger charge is 2.22. The van der Waals surface area contributed by atoms with Crippen LogP contribution in [0.25, 0.3) is 23.2 Å². The van der Waals surface area contributed by atoms with Crippen LogP contribution in [-0.2, 0) is 14.3 Å². The summed E-state index contributed by atoms with van der Waals surface area (Å²) in [6.07, 6.45) is 4.80. The Morgan fingerprint density at radius 1 is 1.20 bits per heavy atom. The SMILES string of the molecule is CCCCN(C)C(=O)COC(=O)/C(=C/c1ccco1)n1nnnc1-c1ccccc1. The molecule has 0 unspecified atom stereocenters. The fourth-order valence-corrected chi connectivity index (χ4v) is 2.66. The van der Waals surface area contributed by atoms with Crippen molar-refractivity contribution in [3.8, 4) is 11.4 Å². The molecule has 9 heteroatoms. The number of benzene rings is 1. The van der Waals surface area contributed by atoms with Crippen LogP contribution >= 0.6 is 0 Å². The van der Waals surface area contributed by atoms with Crippen LogP contribution in [0, 0.1) is 0 Å². The molecular formula is C21H23N5O4. The lowest BCUT2D eigenvalue weighted by molar-refractivity contribution is -0.147. The summed E-state index contributed by atoms with van der Waals surface area (Å²) < 4.78 is 11.9. The predicted molar refractivity (Wildman–Crippen MR) is 110 cm³/mol. The number of amides is 1. The van der Waals surface area contributed by atoms with Gasteiger partial charge < -0.3 is 14.1 Å². The molecule has 9 nitrogen and oxygen atoms in total. The molecule has 156 valence electrons. The lowest BCUT2D eigenvalue weighted by atomic mass is 10.2. The first kappa shape index (κ1) is 21.0. The average molecular weight is 409 g/mol. The number of carbonyl (C=O) groups is 2. The van der Waals surface area contributed by atoms with Crippen molar-refractivity contribution in [3.05, 3.63) is 54.5 Å². The Kier molecular flexibility index (Phi) is 7.09. The van der Waals surface area contributed by atoms with E-state index in [4.69, 9.17) is 9.15 Å². The van der Waals surface area contributed by atoms with Crippen LogP contribution in [0.15, 0.2) is 53.1 Å². The van der Waals surface area contributed by atoms with Gasteiger partial charge in [0.25, 0.3) is 5.91 Å². The molecule has 0 saturated carbocycles. The number of rotatable bonds is 9. The van der Waals surface area contributed by atoms with E-state index in [0.29, 0.717) is 18.1 Å². The van der Waals surface area contributed by atoms with E-state index in [9.17, 15) is 9.59 Å². The van der Waals surface area contributed by atoms with Crippen LogP contribution in [0.2, 0.25) is 0 Å². The van der Waals surface area contributed by atoms with Gasteiger partial charge in [-0.2, -0.15) is 4.68 Å². The molecule has 0 N–H and O–H groups in total. The molecular weight excluding hydrogens is 386 g/mol. The molecule has 0 aliphatic heterocycles. The van der Waals surface area contributed by atoms with Gasteiger partial charge in [-0.15, -0.1) is 5.10 Å². The smallest absolute Gasteiger partial charge is 0.357 e. The largest absolute Gasteiger partial charge is 0.465 e. The van der Waals surface area contributed by atoms with E-state index in [1.54, 1.807) is 24.1 Å². The van der Waals surface area contributed by atoms with Gasteiger partial charge in [-0.1, -0.05) is 43.7 Å². The van der Waals surface area contributed by atoms with Crippen LogP contribution in [-0.4, -0.2) is 57.2 Å². The van der Waals surface area contributed by atoms with E-state index in [-0.39, 0.29) is 18.2 Å². The number of tetrazole rings is 1. The summed E-state index contributed by atoms with van der Waals surface area (Å²) in [5.41, 5.74) is 0.744. The number of likely N-dealkylation sites (N-methyl/N-ethyl adjacent to an activating group) is 1. The maximum absolute atomic E-state index is 12.9. The average Bonchev–Trinajstić information content (AvgIpc) is 3.46. The minimum absolute atomic E-state index is 0.0258.